The van der Waals surface area contributed by atoms with Crippen molar-refractivity contribution in [2.45, 2.75) is 37.3 Å². The van der Waals surface area contributed by atoms with E-state index < -0.39 is 6.10 Å². The van der Waals surface area contributed by atoms with Crippen molar-refractivity contribution in [1.82, 2.24) is 19.9 Å². The first kappa shape index (κ1) is 17.9. The van der Waals surface area contributed by atoms with Gasteiger partial charge in [-0.15, -0.1) is 16.9 Å². The summed E-state index contributed by atoms with van der Waals surface area (Å²) in [5, 5.41) is 17.6. The van der Waals surface area contributed by atoms with Gasteiger partial charge in [0.15, 0.2) is 0 Å². The molecule has 1 saturated heterocycles. The second-order valence-corrected chi connectivity index (χ2v) is 7.33. The Balaban J connectivity index is 1.57. The van der Waals surface area contributed by atoms with E-state index in [9.17, 15) is 9.90 Å². The van der Waals surface area contributed by atoms with Crippen LogP contribution in [0, 0.1) is 5.92 Å². The lowest BCUT2D eigenvalue weighted by molar-refractivity contribution is 0.0677. The van der Waals surface area contributed by atoms with E-state index in [1.54, 1.807) is 29.6 Å². The first-order chi connectivity index (χ1) is 12.1. The Kier molecular flexibility index (Phi) is 5.75. The Labute approximate surface area is 152 Å². The van der Waals surface area contributed by atoms with Gasteiger partial charge in [0.1, 0.15) is 5.69 Å². The van der Waals surface area contributed by atoms with E-state index in [0.717, 1.165) is 42.9 Å². The number of amides is 1. The molecule has 1 aromatic heterocycles. The van der Waals surface area contributed by atoms with Crippen LogP contribution in [0.3, 0.4) is 0 Å². The maximum atomic E-state index is 12.8. The van der Waals surface area contributed by atoms with E-state index in [-0.39, 0.29) is 5.91 Å². The van der Waals surface area contributed by atoms with Crippen molar-refractivity contribution in [3.8, 4) is 0 Å². The van der Waals surface area contributed by atoms with Crippen molar-refractivity contribution >= 4 is 17.7 Å². The van der Waals surface area contributed by atoms with Gasteiger partial charge in [-0.3, -0.25) is 9.48 Å². The zero-order chi connectivity index (χ0) is 17.8. The highest BCUT2D eigenvalue weighted by Gasteiger charge is 2.25. The Morgan fingerprint density at radius 2 is 2.08 bits per heavy atom. The number of hydrogen-bond acceptors (Lipinski definition) is 5. The van der Waals surface area contributed by atoms with Gasteiger partial charge in [-0.1, -0.05) is 17.3 Å². The summed E-state index contributed by atoms with van der Waals surface area (Å²) in [6.45, 7) is 4.00. The molecule has 7 heteroatoms. The number of rotatable bonds is 5. The van der Waals surface area contributed by atoms with Crippen LogP contribution in [0.25, 0.3) is 0 Å². The Hall–Kier alpha value is -1.86. The molecule has 1 fully saturated rings. The van der Waals surface area contributed by atoms with Crippen molar-refractivity contribution in [1.29, 1.82) is 0 Å². The number of nitrogens with zero attached hydrogens (tertiary/aromatic N) is 4. The van der Waals surface area contributed by atoms with Crippen LogP contribution >= 0.6 is 11.8 Å². The van der Waals surface area contributed by atoms with Crippen molar-refractivity contribution < 1.29 is 9.90 Å². The Bertz CT molecular complexity index is 723. The monoisotopic (exact) mass is 360 g/mol. The Morgan fingerprint density at radius 1 is 1.36 bits per heavy atom. The van der Waals surface area contributed by atoms with Crippen LogP contribution in [0.1, 0.15) is 41.9 Å². The minimum absolute atomic E-state index is 0.126. The molecule has 25 heavy (non-hydrogen) atoms. The number of hydrogen-bond donors (Lipinski definition) is 1. The van der Waals surface area contributed by atoms with Crippen molar-refractivity contribution in [3.63, 3.8) is 0 Å². The van der Waals surface area contributed by atoms with Gasteiger partial charge >= 0.3 is 0 Å². The average molecular weight is 360 g/mol. The van der Waals surface area contributed by atoms with Crippen molar-refractivity contribution in [3.05, 3.63) is 41.7 Å². The first-order valence-corrected chi connectivity index (χ1v) is 9.81. The molecule has 2 heterocycles. The van der Waals surface area contributed by atoms with E-state index in [1.807, 2.05) is 35.4 Å². The van der Waals surface area contributed by atoms with Crippen LogP contribution in [-0.4, -0.2) is 50.3 Å². The fourth-order valence-electron chi connectivity index (χ4n) is 3.17. The summed E-state index contributed by atoms with van der Waals surface area (Å²) < 4.78 is 1.80. The first-order valence-electron chi connectivity index (χ1n) is 8.59. The number of carbonyl (C=O) groups is 1. The van der Waals surface area contributed by atoms with Gasteiger partial charge in [-0.2, -0.15) is 0 Å². The van der Waals surface area contributed by atoms with Crippen LogP contribution in [0.15, 0.2) is 35.4 Å². The third-order valence-electron chi connectivity index (χ3n) is 4.67. The summed E-state index contributed by atoms with van der Waals surface area (Å²) in [4.78, 5) is 15.8. The topological polar surface area (TPSA) is 71.2 Å². The molecule has 134 valence electrons. The minimum atomic E-state index is -0.593. The molecule has 0 aliphatic carbocycles. The molecule has 0 unspecified atom stereocenters. The summed E-state index contributed by atoms with van der Waals surface area (Å²) in [7, 11) is 0. The number of aliphatic hydroxyl groups is 1. The highest BCUT2D eigenvalue weighted by atomic mass is 32.2. The van der Waals surface area contributed by atoms with E-state index in [4.69, 9.17) is 0 Å². The predicted octanol–water partition coefficient (Wildman–Crippen LogP) is 2.61. The SMILES string of the molecule is CSc1ccccc1C(=O)N1CCC(Cn2cc([C@@H](C)O)nn2)CC1. The quantitative estimate of drug-likeness (QED) is 0.830. The molecule has 1 atom stereocenters. The van der Waals surface area contributed by atoms with Gasteiger partial charge in [0, 0.05) is 24.5 Å². The highest BCUT2D eigenvalue weighted by molar-refractivity contribution is 7.98. The number of carbonyl (C=O) groups excluding carboxylic acids is 1. The van der Waals surface area contributed by atoms with Gasteiger partial charge in [-0.25, -0.2) is 0 Å². The molecule has 2 aromatic rings. The van der Waals surface area contributed by atoms with Crippen LogP contribution in [0.2, 0.25) is 0 Å². The summed E-state index contributed by atoms with van der Waals surface area (Å²) in [6, 6.07) is 7.79. The molecular weight excluding hydrogens is 336 g/mol. The number of piperidine rings is 1. The van der Waals surface area contributed by atoms with Crippen LogP contribution in [0.5, 0.6) is 0 Å². The third-order valence-corrected chi connectivity index (χ3v) is 5.46. The Morgan fingerprint density at radius 3 is 2.72 bits per heavy atom. The van der Waals surface area contributed by atoms with Gasteiger partial charge in [0.25, 0.3) is 5.91 Å². The second-order valence-electron chi connectivity index (χ2n) is 6.48. The zero-order valence-electron chi connectivity index (χ0n) is 14.6. The van der Waals surface area contributed by atoms with Gasteiger partial charge in [-0.05, 0) is 44.1 Å². The number of likely N-dealkylation sites (tertiary alicyclic amines) is 1. The minimum Gasteiger partial charge on any atom is -0.387 e. The molecule has 1 aliphatic heterocycles. The molecule has 1 amide bonds. The summed E-state index contributed by atoms with van der Waals surface area (Å²) in [5.41, 5.74) is 1.40. The third kappa shape index (κ3) is 4.22. The molecule has 1 aromatic carbocycles. The molecule has 1 N–H and O–H groups in total. The maximum absolute atomic E-state index is 12.8. The van der Waals surface area contributed by atoms with E-state index in [2.05, 4.69) is 10.3 Å². The number of aromatic nitrogens is 3. The summed E-state index contributed by atoms with van der Waals surface area (Å²) in [6.07, 6.45) is 5.12. The predicted molar refractivity (Wildman–Crippen MR) is 97.5 cm³/mol. The van der Waals surface area contributed by atoms with Crippen LogP contribution in [-0.2, 0) is 6.54 Å². The molecule has 3 rings (SSSR count). The average Bonchev–Trinajstić information content (AvgIpc) is 3.10. The van der Waals surface area contributed by atoms with E-state index in [0.29, 0.717) is 11.6 Å². The molecule has 0 spiro atoms. The fourth-order valence-corrected chi connectivity index (χ4v) is 3.76. The molecular formula is C18H24N4O2S. The standard InChI is InChI=1S/C18H24N4O2S/c1-13(23)16-12-22(20-19-16)11-14-7-9-21(10-8-14)18(24)15-5-3-4-6-17(15)25-2/h3-6,12-14,23H,7-11H2,1-2H3/t13-/m1/s1. The lowest BCUT2D eigenvalue weighted by Crippen LogP contribution is -2.39. The molecule has 0 saturated carbocycles. The molecule has 1 aliphatic rings. The van der Waals surface area contributed by atoms with E-state index in [1.165, 1.54) is 0 Å². The fraction of sp³-hybridized carbons (Fsp3) is 0.500. The van der Waals surface area contributed by atoms with Gasteiger partial charge < -0.3 is 10.0 Å². The molecule has 0 radical (unpaired) electrons. The molecule has 6 nitrogen and oxygen atoms in total. The lowest BCUT2D eigenvalue weighted by Gasteiger charge is -2.32. The zero-order valence-corrected chi connectivity index (χ0v) is 15.4. The number of thioether (sulfide) groups is 1. The molecule has 0 bridgehead atoms. The maximum Gasteiger partial charge on any atom is 0.254 e. The summed E-state index contributed by atoms with van der Waals surface area (Å²) >= 11 is 1.61. The van der Waals surface area contributed by atoms with Crippen LogP contribution in [0.4, 0.5) is 0 Å². The van der Waals surface area contributed by atoms with E-state index >= 15 is 0 Å². The largest absolute Gasteiger partial charge is 0.387 e. The number of benzene rings is 1. The normalized spacial score (nSPS) is 16.8. The number of aliphatic hydroxyl groups excluding tert-OH is 1. The highest BCUT2D eigenvalue weighted by Crippen LogP contribution is 2.25. The van der Waals surface area contributed by atoms with Crippen LogP contribution < -0.4 is 0 Å². The van der Waals surface area contributed by atoms with Crippen molar-refractivity contribution in [2.75, 3.05) is 19.3 Å². The van der Waals surface area contributed by atoms with Gasteiger partial charge in [0.2, 0.25) is 0 Å². The smallest absolute Gasteiger partial charge is 0.254 e. The summed E-state index contributed by atoms with van der Waals surface area (Å²) in [5.74, 6) is 0.601. The lowest BCUT2D eigenvalue weighted by atomic mass is 9.96. The van der Waals surface area contributed by atoms with Crippen molar-refractivity contribution in [2.24, 2.45) is 5.92 Å². The van der Waals surface area contributed by atoms with Gasteiger partial charge in [0.05, 0.1) is 17.9 Å². The second kappa shape index (κ2) is 8.01.